The molecule has 10 rings (SSSR count). The predicted molar refractivity (Wildman–Crippen MR) is 202 cm³/mol. The quantitative estimate of drug-likeness (QED) is 0.183. The topological polar surface area (TPSA) is 16.4 Å². The summed E-state index contributed by atoms with van der Waals surface area (Å²) in [6, 6.07) is 59.0. The second kappa shape index (κ2) is 10.3. The molecule has 0 saturated carbocycles. The molecule has 0 unspecified atom stereocenters. The fourth-order valence-corrected chi connectivity index (χ4v) is 8.52. The van der Waals surface area contributed by atoms with Crippen LogP contribution in [-0.4, -0.2) is 0 Å². The summed E-state index contributed by atoms with van der Waals surface area (Å²) in [5, 5.41) is 9.77. The highest BCUT2D eigenvalue weighted by Gasteiger charge is 2.22. The van der Waals surface area contributed by atoms with E-state index >= 15 is 0 Å². The van der Waals surface area contributed by atoms with Crippen LogP contribution in [0.25, 0.3) is 74.8 Å². The lowest BCUT2D eigenvalue weighted by Gasteiger charge is -2.27. The summed E-state index contributed by atoms with van der Waals surface area (Å²) in [4.78, 5) is 2.41. The van der Waals surface area contributed by atoms with E-state index in [1.54, 1.807) is 0 Å². The van der Waals surface area contributed by atoms with Crippen molar-refractivity contribution in [3.63, 3.8) is 0 Å². The van der Waals surface area contributed by atoms with E-state index in [0.717, 1.165) is 39.0 Å². The number of para-hydroxylation sites is 1. The van der Waals surface area contributed by atoms with Gasteiger partial charge in [0, 0.05) is 48.4 Å². The first-order valence-corrected chi connectivity index (χ1v) is 16.7. The van der Waals surface area contributed by atoms with Crippen molar-refractivity contribution in [3.8, 4) is 11.1 Å². The van der Waals surface area contributed by atoms with E-state index in [2.05, 4.69) is 157 Å². The number of furan rings is 1. The van der Waals surface area contributed by atoms with Crippen molar-refractivity contribution >= 4 is 92.1 Å². The van der Waals surface area contributed by atoms with E-state index in [4.69, 9.17) is 4.42 Å². The zero-order valence-corrected chi connectivity index (χ0v) is 26.2. The number of anilines is 3. The molecule has 2 heterocycles. The highest BCUT2D eigenvalue weighted by molar-refractivity contribution is 7.26. The number of nitrogens with zero attached hydrogens (tertiary/aromatic N) is 1. The summed E-state index contributed by atoms with van der Waals surface area (Å²) in [6.07, 6.45) is 0. The van der Waals surface area contributed by atoms with Gasteiger partial charge in [0.15, 0.2) is 0 Å². The lowest BCUT2D eigenvalue weighted by Crippen LogP contribution is -2.10. The average molecular weight is 618 g/mol. The van der Waals surface area contributed by atoms with E-state index in [0.29, 0.717) is 0 Å². The van der Waals surface area contributed by atoms with Crippen LogP contribution in [0.3, 0.4) is 0 Å². The summed E-state index contributed by atoms with van der Waals surface area (Å²) in [5.74, 6) is 0. The molecular weight excluding hydrogens is 591 g/mol. The molecule has 0 saturated heterocycles. The van der Waals surface area contributed by atoms with Crippen LogP contribution in [0, 0.1) is 0 Å². The lowest BCUT2D eigenvalue weighted by molar-refractivity contribution is 0.669. The van der Waals surface area contributed by atoms with E-state index in [-0.39, 0.29) is 0 Å². The van der Waals surface area contributed by atoms with Gasteiger partial charge in [-0.1, -0.05) is 115 Å². The Hall–Kier alpha value is -5.90. The van der Waals surface area contributed by atoms with Crippen molar-refractivity contribution in [2.24, 2.45) is 0 Å². The molecule has 0 fully saturated rings. The molecule has 0 bridgehead atoms. The first kappa shape index (κ1) is 26.3. The van der Waals surface area contributed by atoms with Gasteiger partial charge in [0.25, 0.3) is 0 Å². The summed E-state index contributed by atoms with van der Waals surface area (Å²) in [7, 11) is 0. The maximum absolute atomic E-state index is 6.43. The van der Waals surface area contributed by atoms with Crippen LogP contribution in [0.5, 0.6) is 0 Å². The Morgan fingerprint density at radius 3 is 2.00 bits per heavy atom. The lowest BCUT2D eigenvalue weighted by atomic mass is 9.99. The van der Waals surface area contributed by atoms with Crippen molar-refractivity contribution in [2.45, 2.75) is 0 Å². The van der Waals surface area contributed by atoms with Crippen molar-refractivity contribution in [1.29, 1.82) is 0 Å². The molecule has 8 aromatic carbocycles. The van der Waals surface area contributed by atoms with Gasteiger partial charge in [0.1, 0.15) is 11.2 Å². The fourth-order valence-electron chi connectivity index (χ4n) is 7.26. The summed E-state index contributed by atoms with van der Waals surface area (Å²) < 4.78 is 9.00. The van der Waals surface area contributed by atoms with Crippen LogP contribution in [0.2, 0.25) is 0 Å². The van der Waals surface area contributed by atoms with Gasteiger partial charge in [0.05, 0.1) is 5.69 Å². The van der Waals surface area contributed by atoms with Gasteiger partial charge in [-0.2, -0.15) is 0 Å². The van der Waals surface area contributed by atoms with Gasteiger partial charge in [-0.05, 0) is 75.1 Å². The van der Waals surface area contributed by atoms with Crippen LogP contribution < -0.4 is 4.90 Å². The Labute approximate surface area is 275 Å². The first-order chi connectivity index (χ1) is 23.3. The average Bonchev–Trinajstić information content (AvgIpc) is 3.71. The largest absolute Gasteiger partial charge is 0.456 e. The van der Waals surface area contributed by atoms with Crippen LogP contribution in [0.1, 0.15) is 0 Å². The normalized spacial score (nSPS) is 11.8. The minimum Gasteiger partial charge on any atom is -0.456 e. The van der Waals surface area contributed by atoms with Crippen LogP contribution in [0.15, 0.2) is 168 Å². The number of fused-ring (bicyclic) bond motifs is 9. The number of benzene rings is 8. The molecule has 2 aromatic heterocycles. The molecular formula is C44H27NOS. The Balaban J connectivity index is 1.28. The number of hydrogen-bond donors (Lipinski definition) is 0. The molecule has 0 spiro atoms. The highest BCUT2D eigenvalue weighted by atomic mass is 32.1. The third-order valence-corrected chi connectivity index (χ3v) is 10.6. The molecule has 220 valence electrons. The molecule has 0 radical (unpaired) electrons. The summed E-state index contributed by atoms with van der Waals surface area (Å²) >= 11 is 1.87. The zero-order chi connectivity index (χ0) is 30.9. The molecule has 10 aromatic rings. The second-order valence-electron chi connectivity index (χ2n) is 12.1. The number of thiophene rings is 1. The van der Waals surface area contributed by atoms with Gasteiger partial charge < -0.3 is 9.32 Å². The molecule has 47 heavy (non-hydrogen) atoms. The van der Waals surface area contributed by atoms with Crippen molar-refractivity contribution in [3.05, 3.63) is 164 Å². The highest BCUT2D eigenvalue weighted by Crippen LogP contribution is 2.49. The smallest absolute Gasteiger partial charge is 0.137 e. The van der Waals surface area contributed by atoms with Crippen molar-refractivity contribution in [2.75, 3.05) is 4.90 Å². The van der Waals surface area contributed by atoms with Crippen LogP contribution >= 0.6 is 11.3 Å². The standard InChI is InChI=1S/C44H27NOS/c1-2-10-28(11-3-1)35-24-25-39(43-38-15-7-9-17-42(38)47-44(35)43)45(32-21-23-37-36-14-6-8-16-40(36)46-41(37)27-32)31-20-22-34-30(26-31)19-18-29-12-4-5-13-33(29)34/h1-27H. The SMILES string of the molecule is c1ccc(-c2ccc(N(c3ccc4c(ccc5ccccc54)c3)c3ccc4c(c3)oc3ccccc34)c3c2sc2ccccc23)cc1. The van der Waals surface area contributed by atoms with E-state index in [1.807, 2.05) is 23.5 Å². The van der Waals surface area contributed by atoms with Crippen LogP contribution in [0.4, 0.5) is 17.1 Å². The van der Waals surface area contributed by atoms with Crippen LogP contribution in [-0.2, 0) is 0 Å². The maximum Gasteiger partial charge on any atom is 0.137 e. The van der Waals surface area contributed by atoms with E-state index in [9.17, 15) is 0 Å². The third kappa shape index (κ3) is 4.10. The zero-order valence-electron chi connectivity index (χ0n) is 25.4. The van der Waals surface area contributed by atoms with Gasteiger partial charge in [0.2, 0.25) is 0 Å². The minimum atomic E-state index is 0.882. The van der Waals surface area contributed by atoms with Crippen molar-refractivity contribution in [1.82, 2.24) is 0 Å². The van der Waals surface area contributed by atoms with Gasteiger partial charge in [-0.25, -0.2) is 0 Å². The fraction of sp³-hybridized carbons (Fsp3) is 0. The van der Waals surface area contributed by atoms with E-state index < -0.39 is 0 Å². The molecule has 0 aliphatic carbocycles. The monoisotopic (exact) mass is 617 g/mol. The molecule has 2 nitrogen and oxygen atoms in total. The molecule has 0 aliphatic heterocycles. The van der Waals surface area contributed by atoms with Gasteiger partial charge >= 0.3 is 0 Å². The summed E-state index contributed by atoms with van der Waals surface area (Å²) in [6.45, 7) is 0. The van der Waals surface area contributed by atoms with E-state index in [1.165, 1.54) is 52.8 Å². The second-order valence-corrected chi connectivity index (χ2v) is 13.2. The summed E-state index contributed by atoms with van der Waals surface area (Å²) in [5.41, 5.74) is 7.57. The van der Waals surface area contributed by atoms with Crippen molar-refractivity contribution < 1.29 is 4.42 Å². The minimum absolute atomic E-state index is 0.882. The Kier molecular flexibility index (Phi) is 5.78. The molecule has 0 N–H and O–H groups in total. The van der Waals surface area contributed by atoms with Gasteiger partial charge in [-0.3, -0.25) is 0 Å². The Bertz CT molecular complexity index is 2810. The maximum atomic E-state index is 6.43. The number of hydrogen-bond acceptors (Lipinski definition) is 3. The molecule has 0 aliphatic rings. The Morgan fingerprint density at radius 2 is 1.11 bits per heavy atom. The predicted octanol–water partition coefficient (Wildman–Crippen LogP) is 13.4. The molecule has 3 heteroatoms. The molecule has 0 atom stereocenters. The van der Waals surface area contributed by atoms with Gasteiger partial charge in [-0.15, -0.1) is 11.3 Å². The number of rotatable bonds is 4. The molecule has 0 amide bonds. The third-order valence-electron chi connectivity index (χ3n) is 9.44. The Morgan fingerprint density at radius 1 is 0.447 bits per heavy atom. The first-order valence-electron chi connectivity index (χ1n) is 15.9.